The number of pyridine rings is 1. The zero-order chi connectivity index (χ0) is 12.3. The van der Waals surface area contributed by atoms with E-state index in [0.29, 0.717) is 6.04 Å². The van der Waals surface area contributed by atoms with Crippen LogP contribution in [0.3, 0.4) is 0 Å². The molecule has 2 unspecified atom stereocenters. The molecule has 0 spiro atoms. The second-order valence-corrected chi connectivity index (χ2v) is 5.12. The average molecular weight is 236 g/mol. The lowest BCUT2D eigenvalue weighted by atomic mass is 9.98. The van der Waals surface area contributed by atoms with Gasteiger partial charge in [-0.25, -0.2) is 4.39 Å². The van der Waals surface area contributed by atoms with E-state index >= 15 is 0 Å². The molecule has 1 fully saturated rings. The normalized spacial score (nSPS) is 20.4. The maximum absolute atomic E-state index is 12.8. The van der Waals surface area contributed by atoms with Crippen LogP contribution in [0.4, 0.5) is 4.39 Å². The largest absolute Gasteiger partial charge is 0.306 e. The van der Waals surface area contributed by atoms with Gasteiger partial charge >= 0.3 is 0 Å². The van der Waals surface area contributed by atoms with Gasteiger partial charge in [0.15, 0.2) is 0 Å². The van der Waals surface area contributed by atoms with Crippen molar-refractivity contribution in [3.63, 3.8) is 0 Å². The molecule has 0 aromatic carbocycles. The Balaban J connectivity index is 1.91. The number of hydrogen-bond donors (Lipinski definition) is 1. The van der Waals surface area contributed by atoms with Crippen LogP contribution in [0.25, 0.3) is 0 Å². The number of nitrogens with one attached hydrogen (secondary N) is 1. The van der Waals surface area contributed by atoms with Gasteiger partial charge in [-0.3, -0.25) is 4.98 Å². The number of halogens is 1. The third-order valence-electron chi connectivity index (χ3n) is 3.81. The Morgan fingerprint density at radius 3 is 2.59 bits per heavy atom. The Morgan fingerprint density at radius 2 is 2.00 bits per heavy atom. The third kappa shape index (κ3) is 3.25. The second kappa shape index (κ2) is 5.58. The molecule has 0 radical (unpaired) electrons. The van der Waals surface area contributed by atoms with E-state index in [-0.39, 0.29) is 11.9 Å². The summed E-state index contributed by atoms with van der Waals surface area (Å²) in [6, 6.07) is 3.93. The molecule has 94 valence electrons. The van der Waals surface area contributed by atoms with Gasteiger partial charge in [0.05, 0.1) is 11.9 Å². The summed E-state index contributed by atoms with van der Waals surface area (Å²) in [6.45, 7) is 4.34. The summed E-state index contributed by atoms with van der Waals surface area (Å²) in [4.78, 5) is 4.12. The number of aromatic nitrogens is 1. The van der Waals surface area contributed by atoms with E-state index in [1.54, 1.807) is 6.07 Å². The Hall–Kier alpha value is -0.960. The van der Waals surface area contributed by atoms with Crippen molar-refractivity contribution in [3.05, 3.63) is 29.8 Å². The molecule has 3 heteroatoms. The molecule has 1 N–H and O–H groups in total. The van der Waals surface area contributed by atoms with Crippen molar-refractivity contribution < 1.29 is 4.39 Å². The second-order valence-electron chi connectivity index (χ2n) is 5.12. The monoisotopic (exact) mass is 236 g/mol. The molecular weight excluding hydrogens is 215 g/mol. The topological polar surface area (TPSA) is 24.9 Å². The lowest BCUT2D eigenvalue weighted by molar-refractivity contribution is 0.350. The van der Waals surface area contributed by atoms with Crippen molar-refractivity contribution >= 4 is 0 Å². The van der Waals surface area contributed by atoms with Gasteiger partial charge in [0.25, 0.3) is 0 Å². The van der Waals surface area contributed by atoms with Crippen LogP contribution < -0.4 is 5.32 Å². The minimum atomic E-state index is -0.273. The highest BCUT2D eigenvalue weighted by Gasteiger charge is 2.22. The highest BCUT2D eigenvalue weighted by atomic mass is 19.1. The molecule has 1 aliphatic rings. The van der Waals surface area contributed by atoms with Crippen molar-refractivity contribution in [2.24, 2.45) is 5.92 Å². The van der Waals surface area contributed by atoms with Crippen molar-refractivity contribution in [1.82, 2.24) is 10.3 Å². The molecule has 0 saturated heterocycles. The van der Waals surface area contributed by atoms with E-state index in [0.717, 1.165) is 11.6 Å². The molecule has 0 bridgehead atoms. The first kappa shape index (κ1) is 12.5. The molecule has 17 heavy (non-hydrogen) atoms. The lowest BCUT2D eigenvalue weighted by Crippen LogP contribution is -2.34. The third-order valence-corrected chi connectivity index (χ3v) is 3.81. The van der Waals surface area contributed by atoms with Crippen LogP contribution in [0, 0.1) is 11.7 Å². The molecule has 1 aliphatic carbocycles. The maximum atomic E-state index is 12.8. The smallest absolute Gasteiger partial charge is 0.141 e. The SMILES string of the molecule is CC(NC(C)C1CCCC1)c1ccc(F)cn1. The first-order valence-corrected chi connectivity index (χ1v) is 6.54. The molecule has 1 aromatic rings. The van der Waals surface area contributed by atoms with Crippen molar-refractivity contribution in [1.29, 1.82) is 0 Å². The molecule has 0 aliphatic heterocycles. The quantitative estimate of drug-likeness (QED) is 0.866. The van der Waals surface area contributed by atoms with Gasteiger partial charge in [-0.2, -0.15) is 0 Å². The first-order chi connectivity index (χ1) is 8.16. The van der Waals surface area contributed by atoms with Gasteiger partial charge in [-0.1, -0.05) is 12.8 Å². The zero-order valence-electron chi connectivity index (χ0n) is 10.6. The van der Waals surface area contributed by atoms with Gasteiger partial charge in [0.2, 0.25) is 0 Å². The summed E-state index contributed by atoms with van der Waals surface area (Å²) in [5, 5.41) is 3.57. The number of hydrogen-bond acceptors (Lipinski definition) is 2. The maximum Gasteiger partial charge on any atom is 0.141 e. The minimum absolute atomic E-state index is 0.186. The molecule has 2 nitrogen and oxygen atoms in total. The molecule has 2 atom stereocenters. The summed E-state index contributed by atoms with van der Waals surface area (Å²) in [6.07, 6.45) is 6.67. The van der Waals surface area contributed by atoms with Gasteiger partial charge < -0.3 is 5.32 Å². The van der Waals surface area contributed by atoms with Crippen LogP contribution in [0.1, 0.15) is 51.3 Å². The highest BCUT2D eigenvalue weighted by Crippen LogP contribution is 2.28. The van der Waals surface area contributed by atoms with Crippen LogP contribution >= 0.6 is 0 Å². The van der Waals surface area contributed by atoms with Gasteiger partial charge in [-0.15, -0.1) is 0 Å². The van der Waals surface area contributed by atoms with E-state index < -0.39 is 0 Å². The molecule has 1 aromatic heterocycles. The predicted octanol–water partition coefficient (Wildman–Crippen LogP) is 3.45. The van der Waals surface area contributed by atoms with E-state index in [1.165, 1.54) is 37.9 Å². The van der Waals surface area contributed by atoms with E-state index in [4.69, 9.17) is 0 Å². The molecular formula is C14H21FN2. The highest BCUT2D eigenvalue weighted by molar-refractivity contribution is 5.09. The van der Waals surface area contributed by atoms with Crippen LogP contribution in [0.5, 0.6) is 0 Å². The Bertz CT molecular complexity index is 344. The van der Waals surface area contributed by atoms with Crippen LogP contribution in [0.2, 0.25) is 0 Å². The fraction of sp³-hybridized carbons (Fsp3) is 0.643. The van der Waals surface area contributed by atoms with Crippen molar-refractivity contribution in [2.75, 3.05) is 0 Å². The van der Waals surface area contributed by atoms with E-state index in [1.807, 2.05) is 0 Å². The Kier molecular flexibility index (Phi) is 4.11. The summed E-state index contributed by atoms with van der Waals surface area (Å²) in [5.74, 6) is 0.516. The summed E-state index contributed by atoms with van der Waals surface area (Å²) >= 11 is 0. The van der Waals surface area contributed by atoms with Crippen molar-refractivity contribution in [3.8, 4) is 0 Å². The van der Waals surface area contributed by atoms with Gasteiger partial charge in [-0.05, 0) is 44.7 Å². The average Bonchev–Trinajstić information content (AvgIpc) is 2.83. The Labute approximate surface area is 103 Å². The predicted molar refractivity (Wildman–Crippen MR) is 67.2 cm³/mol. The minimum Gasteiger partial charge on any atom is -0.306 e. The summed E-state index contributed by atoms with van der Waals surface area (Å²) in [5.41, 5.74) is 0.913. The standard InChI is InChI=1S/C14H21FN2/c1-10(12-5-3-4-6-12)17-11(2)14-8-7-13(15)9-16-14/h7-12,17H,3-6H2,1-2H3. The molecule has 0 amide bonds. The van der Waals surface area contributed by atoms with Gasteiger partial charge in [0.1, 0.15) is 5.82 Å². The Morgan fingerprint density at radius 1 is 1.29 bits per heavy atom. The van der Waals surface area contributed by atoms with E-state index in [9.17, 15) is 4.39 Å². The summed E-state index contributed by atoms with van der Waals surface area (Å²) < 4.78 is 12.8. The van der Waals surface area contributed by atoms with Crippen LogP contribution in [-0.2, 0) is 0 Å². The fourth-order valence-corrected chi connectivity index (χ4v) is 2.72. The molecule has 1 saturated carbocycles. The zero-order valence-corrected chi connectivity index (χ0v) is 10.6. The van der Waals surface area contributed by atoms with Crippen LogP contribution in [-0.4, -0.2) is 11.0 Å². The van der Waals surface area contributed by atoms with E-state index in [2.05, 4.69) is 24.1 Å². The first-order valence-electron chi connectivity index (χ1n) is 6.54. The molecule has 1 heterocycles. The fourth-order valence-electron chi connectivity index (χ4n) is 2.72. The van der Waals surface area contributed by atoms with Gasteiger partial charge in [0, 0.05) is 12.1 Å². The number of rotatable bonds is 4. The van der Waals surface area contributed by atoms with Crippen LogP contribution in [0.15, 0.2) is 18.3 Å². The van der Waals surface area contributed by atoms with Crippen molar-refractivity contribution in [2.45, 2.75) is 51.6 Å². The molecule has 2 rings (SSSR count). The lowest BCUT2D eigenvalue weighted by Gasteiger charge is -2.24. The summed E-state index contributed by atoms with van der Waals surface area (Å²) in [7, 11) is 0. The number of nitrogens with zero attached hydrogens (tertiary/aromatic N) is 1.